The minimum absolute atomic E-state index is 0.195. The minimum atomic E-state index is 0.195. The summed E-state index contributed by atoms with van der Waals surface area (Å²) in [5.41, 5.74) is 9.04. The van der Waals surface area contributed by atoms with Crippen LogP contribution < -0.4 is 5.73 Å². The van der Waals surface area contributed by atoms with Crippen molar-refractivity contribution in [3.63, 3.8) is 0 Å². The maximum absolute atomic E-state index is 6.31. The summed E-state index contributed by atoms with van der Waals surface area (Å²) in [6.45, 7) is 6.83. The summed E-state index contributed by atoms with van der Waals surface area (Å²) in [5.74, 6) is 1.87. The van der Waals surface area contributed by atoms with Gasteiger partial charge in [0.05, 0.1) is 0 Å². The SMILES string of the molecule is Cc1cccc(C(C(C)N)N2CC3CCCC3C2)c1. The molecule has 3 rings (SSSR count). The predicted molar refractivity (Wildman–Crippen MR) is 80.0 cm³/mol. The van der Waals surface area contributed by atoms with E-state index in [1.54, 1.807) is 0 Å². The van der Waals surface area contributed by atoms with Gasteiger partial charge in [0.15, 0.2) is 0 Å². The molecule has 1 saturated carbocycles. The highest BCUT2D eigenvalue weighted by atomic mass is 15.2. The number of fused-ring (bicyclic) bond motifs is 1. The molecule has 19 heavy (non-hydrogen) atoms. The van der Waals surface area contributed by atoms with Crippen LogP contribution in [-0.2, 0) is 0 Å². The van der Waals surface area contributed by atoms with Crippen LogP contribution in [-0.4, -0.2) is 24.0 Å². The van der Waals surface area contributed by atoms with E-state index >= 15 is 0 Å². The van der Waals surface area contributed by atoms with E-state index < -0.39 is 0 Å². The van der Waals surface area contributed by atoms with Crippen molar-refractivity contribution in [3.8, 4) is 0 Å². The average molecular weight is 258 g/mol. The Morgan fingerprint density at radius 1 is 1.21 bits per heavy atom. The quantitative estimate of drug-likeness (QED) is 0.902. The number of aryl methyl sites for hydroxylation is 1. The van der Waals surface area contributed by atoms with Crippen LogP contribution in [0, 0.1) is 18.8 Å². The van der Waals surface area contributed by atoms with Gasteiger partial charge in [0.25, 0.3) is 0 Å². The van der Waals surface area contributed by atoms with E-state index in [4.69, 9.17) is 5.73 Å². The van der Waals surface area contributed by atoms with Crippen LogP contribution in [0.3, 0.4) is 0 Å². The molecule has 0 bridgehead atoms. The average Bonchev–Trinajstić information content (AvgIpc) is 2.89. The molecule has 2 N–H and O–H groups in total. The number of nitrogens with zero attached hydrogens (tertiary/aromatic N) is 1. The van der Waals surface area contributed by atoms with Gasteiger partial charge in [-0.15, -0.1) is 0 Å². The highest BCUT2D eigenvalue weighted by molar-refractivity contribution is 5.26. The van der Waals surface area contributed by atoms with Gasteiger partial charge in [-0.05, 0) is 44.1 Å². The molecule has 0 aromatic heterocycles. The summed E-state index contributed by atoms with van der Waals surface area (Å²) >= 11 is 0. The summed E-state index contributed by atoms with van der Waals surface area (Å²) in [6, 6.07) is 9.47. The molecule has 0 spiro atoms. The van der Waals surface area contributed by atoms with Crippen LogP contribution in [0.4, 0.5) is 0 Å². The smallest absolute Gasteiger partial charge is 0.0496 e. The van der Waals surface area contributed by atoms with Gasteiger partial charge in [-0.25, -0.2) is 0 Å². The maximum atomic E-state index is 6.31. The summed E-state index contributed by atoms with van der Waals surface area (Å²) in [7, 11) is 0. The fraction of sp³-hybridized carbons (Fsp3) is 0.647. The molecule has 1 aliphatic carbocycles. The number of rotatable bonds is 3. The van der Waals surface area contributed by atoms with Gasteiger partial charge in [-0.3, -0.25) is 4.90 Å². The molecular weight excluding hydrogens is 232 g/mol. The fourth-order valence-electron chi connectivity index (χ4n) is 4.20. The number of hydrogen-bond donors (Lipinski definition) is 1. The molecule has 0 amide bonds. The molecular formula is C17H26N2. The van der Waals surface area contributed by atoms with Gasteiger partial charge in [0.1, 0.15) is 0 Å². The van der Waals surface area contributed by atoms with E-state index in [0.29, 0.717) is 6.04 Å². The third-order valence-corrected chi connectivity index (χ3v) is 5.03. The topological polar surface area (TPSA) is 29.3 Å². The van der Waals surface area contributed by atoms with E-state index in [1.807, 2.05) is 0 Å². The van der Waals surface area contributed by atoms with Crippen molar-refractivity contribution < 1.29 is 0 Å². The Morgan fingerprint density at radius 2 is 1.89 bits per heavy atom. The third-order valence-electron chi connectivity index (χ3n) is 5.03. The molecule has 1 heterocycles. The lowest BCUT2D eigenvalue weighted by Gasteiger charge is -2.32. The van der Waals surface area contributed by atoms with E-state index in [0.717, 1.165) is 11.8 Å². The van der Waals surface area contributed by atoms with Crippen molar-refractivity contribution in [2.24, 2.45) is 17.6 Å². The largest absolute Gasteiger partial charge is 0.326 e. The van der Waals surface area contributed by atoms with Crippen molar-refractivity contribution in [1.29, 1.82) is 0 Å². The van der Waals surface area contributed by atoms with E-state index in [1.165, 1.54) is 43.5 Å². The Bertz CT molecular complexity index is 429. The highest BCUT2D eigenvalue weighted by Crippen LogP contribution is 2.41. The van der Waals surface area contributed by atoms with Crippen LogP contribution in [0.1, 0.15) is 43.4 Å². The second-order valence-electron chi connectivity index (χ2n) is 6.62. The molecule has 4 atom stereocenters. The normalized spacial score (nSPS) is 30.3. The maximum Gasteiger partial charge on any atom is 0.0496 e. The first-order valence-corrected chi connectivity index (χ1v) is 7.71. The first kappa shape index (κ1) is 13.1. The standard InChI is InChI=1S/C17H26N2/c1-12-5-3-6-14(9-12)17(13(2)18)19-10-15-7-4-8-16(15)11-19/h3,5-6,9,13,15-17H,4,7-8,10-11,18H2,1-2H3. The Kier molecular flexibility index (Phi) is 3.64. The van der Waals surface area contributed by atoms with Crippen LogP contribution in [0.15, 0.2) is 24.3 Å². The summed E-state index contributed by atoms with van der Waals surface area (Å²) in [4.78, 5) is 2.65. The molecule has 1 aromatic carbocycles. The monoisotopic (exact) mass is 258 g/mol. The molecule has 2 nitrogen and oxygen atoms in total. The molecule has 2 heteroatoms. The van der Waals surface area contributed by atoms with Gasteiger partial charge in [-0.1, -0.05) is 36.2 Å². The lowest BCUT2D eigenvalue weighted by molar-refractivity contribution is 0.203. The fourth-order valence-corrected chi connectivity index (χ4v) is 4.20. The van der Waals surface area contributed by atoms with Crippen LogP contribution in [0.2, 0.25) is 0 Å². The first-order chi connectivity index (χ1) is 9.15. The van der Waals surface area contributed by atoms with Crippen molar-refractivity contribution in [3.05, 3.63) is 35.4 Å². The molecule has 1 saturated heterocycles. The van der Waals surface area contributed by atoms with Crippen molar-refractivity contribution in [2.75, 3.05) is 13.1 Å². The van der Waals surface area contributed by atoms with E-state index in [-0.39, 0.29) is 6.04 Å². The zero-order valence-corrected chi connectivity index (χ0v) is 12.2. The predicted octanol–water partition coefficient (Wildman–Crippen LogP) is 3.12. The third kappa shape index (κ3) is 2.56. The molecule has 2 fully saturated rings. The lowest BCUT2D eigenvalue weighted by atomic mass is 9.97. The van der Waals surface area contributed by atoms with E-state index in [2.05, 4.69) is 43.0 Å². The van der Waals surface area contributed by atoms with Gasteiger partial charge < -0.3 is 5.73 Å². The number of hydrogen-bond acceptors (Lipinski definition) is 2. The second kappa shape index (κ2) is 5.26. The van der Waals surface area contributed by atoms with Crippen molar-refractivity contribution >= 4 is 0 Å². The van der Waals surface area contributed by atoms with Crippen LogP contribution in [0.5, 0.6) is 0 Å². The Morgan fingerprint density at radius 3 is 2.47 bits per heavy atom. The van der Waals surface area contributed by atoms with Crippen LogP contribution >= 0.6 is 0 Å². The molecule has 2 aliphatic rings. The van der Waals surface area contributed by atoms with Crippen molar-refractivity contribution in [1.82, 2.24) is 4.90 Å². The zero-order chi connectivity index (χ0) is 13.4. The first-order valence-electron chi connectivity index (χ1n) is 7.71. The number of benzene rings is 1. The molecule has 104 valence electrons. The molecule has 4 unspecified atom stereocenters. The Labute approximate surface area is 117 Å². The lowest BCUT2D eigenvalue weighted by Crippen LogP contribution is -2.38. The second-order valence-corrected chi connectivity index (χ2v) is 6.62. The van der Waals surface area contributed by atoms with Crippen molar-refractivity contribution in [2.45, 2.75) is 45.2 Å². The zero-order valence-electron chi connectivity index (χ0n) is 12.2. The number of nitrogens with two attached hydrogens (primary N) is 1. The molecule has 1 aliphatic heterocycles. The number of likely N-dealkylation sites (tertiary alicyclic amines) is 1. The summed E-state index contributed by atoms with van der Waals surface area (Å²) in [5, 5.41) is 0. The van der Waals surface area contributed by atoms with Gasteiger partial charge >= 0.3 is 0 Å². The van der Waals surface area contributed by atoms with E-state index in [9.17, 15) is 0 Å². The highest BCUT2D eigenvalue weighted by Gasteiger charge is 2.39. The Balaban J connectivity index is 1.82. The summed E-state index contributed by atoms with van der Waals surface area (Å²) in [6.07, 6.45) is 4.30. The van der Waals surface area contributed by atoms with Gasteiger partial charge in [-0.2, -0.15) is 0 Å². The Hall–Kier alpha value is -0.860. The molecule has 1 aromatic rings. The van der Waals surface area contributed by atoms with Crippen LogP contribution in [0.25, 0.3) is 0 Å². The molecule has 0 radical (unpaired) electrons. The van der Waals surface area contributed by atoms with Gasteiger partial charge in [0, 0.05) is 25.2 Å². The summed E-state index contributed by atoms with van der Waals surface area (Å²) < 4.78 is 0. The van der Waals surface area contributed by atoms with Gasteiger partial charge in [0.2, 0.25) is 0 Å². The minimum Gasteiger partial charge on any atom is -0.326 e.